The Labute approximate surface area is 135 Å². The Bertz CT molecular complexity index is 796. The number of halogens is 1. The van der Waals surface area contributed by atoms with E-state index in [2.05, 4.69) is 26.2 Å². The van der Waals surface area contributed by atoms with E-state index in [1.165, 1.54) is 11.3 Å². The molecule has 1 aromatic heterocycles. The molecule has 0 aliphatic heterocycles. The van der Waals surface area contributed by atoms with Crippen molar-refractivity contribution in [3.05, 3.63) is 58.1 Å². The van der Waals surface area contributed by atoms with Gasteiger partial charge in [0.05, 0.1) is 16.6 Å². The number of hydrogen-bond donors (Lipinski definition) is 1. The molecule has 3 nitrogen and oxygen atoms in total. The van der Waals surface area contributed by atoms with Crippen LogP contribution in [0.4, 0.5) is 5.13 Å². The molecule has 3 rings (SSSR count). The van der Waals surface area contributed by atoms with Crippen molar-refractivity contribution in [2.24, 2.45) is 0 Å². The smallest absolute Gasteiger partial charge is 0.230 e. The van der Waals surface area contributed by atoms with Crippen LogP contribution in [0.25, 0.3) is 10.2 Å². The molecule has 0 atom stereocenters. The van der Waals surface area contributed by atoms with Crippen LogP contribution in [0.3, 0.4) is 0 Å². The maximum absolute atomic E-state index is 12.1. The Hall–Kier alpha value is -1.72. The number of aryl methyl sites for hydroxylation is 1. The van der Waals surface area contributed by atoms with E-state index in [1.807, 2.05) is 49.4 Å². The maximum atomic E-state index is 12.1. The van der Waals surface area contributed by atoms with Crippen LogP contribution in [0.15, 0.2) is 46.9 Å². The Balaban J connectivity index is 1.74. The number of anilines is 1. The van der Waals surface area contributed by atoms with Crippen LogP contribution in [0.2, 0.25) is 0 Å². The lowest BCUT2D eigenvalue weighted by molar-refractivity contribution is -0.115. The number of nitrogens with one attached hydrogen (secondary N) is 1. The molecule has 1 amide bonds. The minimum Gasteiger partial charge on any atom is -0.302 e. The fourth-order valence-electron chi connectivity index (χ4n) is 2.09. The zero-order valence-electron chi connectivity index (χ0n) is 11.4. The first kappa shape index (κ1) is 14.2. The van der Waals surface area contributed by atoms with E-state index in [0.29, 0.717) is 11.6 Å². The summed E-state index contributed by atoms with van der Waals surface area (Å²) >= 11 is 4.89. The van der Waals surface area contributed by atoms with Gasteiger partial charge in [-0.1, -0.05) is 51.5 Å². The monoisotopic (exact) mass is 360 g/mol. The molecule has 0 saturated heterocycles. The van der Waals surface area contributed by atoms with Crippen molar-refractivity contribution in [3.63, 3.8) is 0 Å². The standard InChI is InChI=1S/C16H13BrN2OS/c1-10-3-2-4-13-15(10)19-16(21-13)18-14(20)9-11-5-7-12(17)8-6-11/h2-8H,9H2,1H3,(H,18,19,20). The predicted molar refractivity (Wildman–Crippen MR) is 90.8 cm³/mol. The summed E-state index contributed by atoms with van der Waals surface area (Å²) in [5, 5.41) is 3.53. The fraction of sp³-hybridized carbons (Fsp3) is 0.125. The third-order valence-electron chi connectivity index (χ3n) is 3.15. The minimum absolute atomic E-state index is 0.0472. The molecular formula is C16H13BrN2OS. The highest BCUT2D eigenvalue weighted by Crippen LogP contribution is 2.27. The Kier molecular flexibility index (Phi) is 4.03. The summed E-state index contributed by atoms with van der Waals surface area (Å²) in [7, 11) is 0. The average molecular weight is 361 g/mol. The average Bonchev–Trinajstić information content (AvgIpc) is 2.85. The molecule has 2 aromatic carbocycles. The van der Waals surface area contributed by atoms with E-state index < -0.39 is 0 Å². The number of thiazole rings is 1. The van der Waals surface area contributed by atoms with Gasteiger partial charge in [-0.25, -0.2) is 4.98 Å². The lowest BCUT2D eigenvalue weighted by Gasteiger charge is -2.02. The maximum Gasteiger partial charge on any atom is 0.230 e. The number of fused-ring (bicyclic) bond motifs is 1. The third-order valence-corrected chi connectivity index (χ3v) is 4.61. The fourth-order valence-corrected chi connectivity index (χ4v) is 3.32. The van der Waals surface area contributed by atoms with Gasteiger partial charge in [-0.15, -0.1) is 0 Å². The molecule has 0 aliphatic carbocycles. The van der Waals surface area contributed by atoms with Gasteiger partial charge in [0.1, 0.15) is 0 Å². The van der Waals surface area contributed by atoms with Crippen molar-refractivity contribution >= 4 is 48.5 Å². The summed E-state index contributed by atoms with van der Waals surface area (Å²) < 4.78 is 2.10. The SMILES string of the molecule is Cc1cccc2sc(NC(=O)Cc3ccc(Br)cc3)nc12. The zero-order valence-corrected chi connectivity index (χ0v) is 13.8. The van der Waals surface area contributed by atoms with Gasteiger partial charge in [0.15, 0.2) is 5.13 Å². The quantitative estimate of drug-likeness (QED) is 0.744. The van der Waals surface area contributed by atoms with E-state index in [-0.39, 0.29) is 5.91 Å². The normalized spacial score (nSPS) is 10.8. The summed E-state index contributed by atoms with van der Waals surface area (Å²) in [6, 6.07) is 13.8. The number of rotatable bonds is 3. The van der Waals surface area contributed by atoms with Crippen molar-refractivity contribution in [3.8, 4) is 0 Å². The van der Waals surface area contributed by atoms with Crippen LogP contribution >= 0.6 is 27.3 Å². The highest BCUT2D eigenvalue weighted by Gasteiger charge is 2.09. The van der Waals surface area contributed by atoms with Gasteiger partial charge in [0.25, 0.3) is 0 Å². The molecule has 106 valence electrons. The van der Waals surface area contributed by atoms with Crippen molar-refractivity contribution in [2.75, 3.05) is 5.32 Å². The van der Waals surface area contributed by atoms with Crippen molar-refractivity contribution in [1.29, 1.82) is 0 Å². The molecule has 1 N–H and O–H groups in total. The molecule has 0 unspecified atom stereocenters. The topological polar surface area (TPSA) is 42.0 Å². The van der Waals surface area contributed by atoms with Crippen LogP contribution < -0.4 is 5.32 Å². The van der Waals surface area contributed by atoms with E-state index in [9.17, 15) is 4.79 Å². The number of carbonyl (C=O) groups excluding carboxylic acids is 1. The summed E-state index contributed by atoms with van der Waals surface area (Å²) in [6.07, 6.45) is 0.349. The number of benzene rings is 2. The first-order valence-corrected chi connectivity index (χ1v) is 8.13. The van der Waals surface area contributed by atoms with Gasteiger partial charge in [-0.05, 0) is 36.2 Å². The van der Waals surface area contributed by atoms with Crippen molar-refractivity contribution in [2.45, 2.75) is 13.3 Å². The van der Waals surface area contributed by atoms with E-state index in [1.54, 1.807) is 0 Å². The Morgan fingerprint density at radius 1 is 1.24 bits per heavy atom. The number of para-hydroxylation sites is 1. The molecule has 0 bridgehead atoms. The largest absolute Gasteiger partial charge is 0.302 e. The van der Waals surface area contributed by atoms with Gasteiger partial charge in [-0.3, -0.25) is 4.79 Å². The van der Waals surface area contributed by atoms with Gasteiger partial charge < -0.3 is 5.32 Å². The van der Waals surface area contributed by atoms with Crippen LogP contribution in [-0.4, -0.2) is 10.9 Å². The van der Waals surface area contributed by atoms with Gasteiger partial charge in [-0.2, -0.15) is 0 Å². The Morgan fingerprint density at radius 2 is 2.00 bits per heavy atom. The van der Waals surface area contributed by atoms with E-state index in [0.717, 1.165) is 25.8 Å². The predicted octanol–water partition coefficient (Wildman–Crippen LogP) is 4.55. The van der Waals surface area contributed by atoms with Crippen LogP contribution in [0, 0.1) is 6.92 Å². The zero-order chi connectivity index (χ0) is 14.8. The number of amides is 1. The second-order valence-corrected chi connectivity index (χ2v) is 6.74. The first-order chi connectivity index (χ1) is 10.1. The van der Waals surface area contributed by atoms with E-state index >= 15 is 0 Å². The lowest BCUT2D eigenvalue weighted by atomic mass is 10.1. The summed E-state index contributed by atoms with van der Waals surface area (Å²) in [6.45, 7) is 2.02. The second-order valence-electron chi connectivity index (χ2n) is 4.79. The molecule has 3 aromatic rings. The number of aromatic nitrogens is 1. The molecule has 0 fully saturated rings. The number of carbonyl (C=O) groups is 1. The Morgan fingerprint density at radius 3 is 2.71 bits per heavy atom. The molecule has 21 heavy (non-hydrogen) atoms. The summed E-state index contributed by atoms with van der Waals surface area (Å²) in [4.78, 5) is 16.6. The minimum atomic E-state index is -0.0472. The molecule has 0 saturated carbocycles. The van der Waals surface area contributed by atoms with Crippen LogP contribution in [0.5, 0.6) is 0 Å². The summed E-state index contributed by atoms with van der Waals surface area (Å²) in [5.74, 6) is -0.0472. The molecule has 0 radical (unpaired) electrons. The number of hydrogen-bond acceptors (Lipinski definition) is 3. The van der Waals surface area contributed by atoms with Gasteiger partial charge in [0, 0.05) is 4.47 Å². The van der Waals surface area contributed by atoms with Gasteiger partial charge >= 0.3 is 0 Å². The molecule has 1 heterocycles. The highest BCUT2D eigenvalue weighted by molar-refractivity contribution is 9.10. The summed E-state index contributed by atoms with van der Waals surface area (Å²) in [5.41, 5.74) is 3.06. The third kappa shape index (κ3) is 3.31. The molecule has 5 heteroatoms. The van der Waals surface area contributed by atoms with Crippen LogP contribution in [0.1, 0.15) is 11.1 Å². The molecule has 0 aliphatic rings. The second kappa shape index (κ2) is 5.95. The lowest BCUT2D eigenvalue weighted by Crippen LogP contribution is -2.14. The highest BCUT2D eigenvalue weighted by atomic mass is 79.9. The van der Waals surface area contributed by atoms with Crippen LogP contribution in [-0.2, 0) is 11.2 Å². The van der Waals surface area contributed by atoms with Gasteiger partial charge in [0.2, 0.25) is 5.91 Å². The molecule has 0 spiro atoms. The molecular weight excluding hydrogens is 348 g/mol. The van der Waals surface area contributed by atoms with Crippen molar-refractivity contribution < 1.29 is 4.79 Å². The van der Waals surface area contributed by atoms with E-state index in [4.69, 9.17) is 0 Å². The first-order valence-electron chi connectivity index (χ1n) is 6.52. The number of nitrogens with zero attached hydrogens (tertiary/aromatic N) is 1. The van der Waals surface area contributed by atoms with Crippen molar-refractivity contribution in [1.82, 2.24) is 4.98 Å².